The maximum atomic E-state index is 10.6. The molecule has 0 bridgehead atoms. The van der Waals surface area contributed by atoms with Crippen LogP contribution in [0.2, 0.25) is 0 Å². The maximum Gasteiger partial charge on any atom is 0.243 e. The first kappa shape index (κ1) is 8.99. The summed E-state index contributed by atoms with van der Waals surface area (Å²) in [5.74, 6) is 2.32. The van der Waals surface area contributed by atoms with E-state index in [1.54, 1.807) is 0 Å². The number of unbranched alkanes of at least 4 members (excludes halogenated alkanes) is 1. The molecule has 0 saturated carbocycles. The van der Waals surface area contributed by atoms with Crippen LogP contribution >= 0.6 is 0 Å². The zero-order valence-electron chi connectivity index (χ0n) is 6.02. The van der Waals surface area contributed by atoms with Crippen LogP contribution < -0.4 is 5.48 Å². The van der Waals surface area contributed by atoms with E-state index in [0.717, 1.165) is 0 Å². The smallest absolute Gasteiger partial charge is 0.243 e. The molecule has 1 N–H and O–H groups in total. The van der Waals surface area contributed by atoms with E-state index in [4.69, 9.17) is 6.42 Å². The summed E-state index contributed by atoms with van der Waals surface area (Å²) in [5.41, 5.74) is 2.20. The van der Waals surface area contributed by atoms with Crippen molar-refractivity contribution in [3.05, 3.63) is 0 Å². The zero-order valence-corrected chi connectivity index (χ0v) is 6.02. The lowest BCUT2D eigenvalue weighted by Crippen LogP contribution is -2.21. The second kappa shape index (κ2) is 6.12. The summed E-state index contributed by atoms with van der Waals surface area (Å²) in [6.45, 7) is 0. The maximum absolute atomic E-state index is 10.6. The van der Waals surface area contributed by atoms with Crippen molar-refractivity contribution in [3.63, 3.8) is 0 Å². The number of amides is 1. The van der Waals surface area contributed by atoms with Gasteiger partial charge in [0.1, 0.15) is 0 Å². The Kier molecular flexibility index (Phi) is 5.50. The van der Waals surface area contributed by atoms with Crippen molar-refractivity contribution in [2.24, 2.45) is 0 Å². The Hall–Kier alpha value is -1.01. The van der Waals surface area contributed by atoms with Gasteiger partial charge >= 0.3 is 0 Å². The molecule has 0 unspecified atom stereocenters. The second-order valence-electron chi connectivity index (χ2n) is 1.79. The van der Waals surface area contributed by atoms with Crippen molar-refractivity contribution in [2.45, 2.75) is 19.3 Å². The highest BCUT2D eigenvalue weighted by atomic mass is 16.6. The molecule has 0 atom stereocenters. The lowest BCUT2D eigenvalue weighted by atomic mass is 10.2. The molecule has 10 heavy (non-hydrogen) atoms. The van der Waals surface area contributed by atoms with Crippen LogP contribution in [0.15, 0.2) is 0 Å². The van der Waals surface area contributed by atoms with Crippen LogP contribution in [0.3, 0.4) is 0 Å². The van der Waals surface area contributed by atoms with E-state index < -0.39 is 0 Å². The van der Waals surface area contributed by atoms with Gasteiger partial charge in [-0.05, 0) is 6.42 Å². The number of carbonyl (C=O) groups excluding carboxylic acids is 1. The van der Waals surface area contributed by atoms with E-state index in [9.17, 15) is 4.79 Å². The summed E-state index contributed by atoms with van der Waals surface area (Å²) < 4.78 is 0. The molecule has 0 rings (SSSR count). The number of terminal acetylenes is 1. The quantitative estimate of drug-likeness (QED) is 0.351. The van der Waals surface area contributed by atoms with Crippen molar-refractivity contribution in [2.75, 3.05) is 7.11 Å². The summed E-state index contributed by atoms with van der Waals surface area (Å²) in [6, 6.07) is 0. The minimum atomic E-state index is -0.127. The van der Waals surface area contributed by atoms with Crippen LogP contribution in [0.25, 0.3) is 0 Å². The molecule has 0 aliphatic carbocycles. The van der Waals surface area contributed by atoms with Crippen molar-refractivity contribution < 1.29 is 9.63 Å². The lowest BCUT2D eigenvalue weighted by Gasteiger charge is -1.98. The fourth-order valence-corrected chi connectivity index (χ4v) is 0.516. The Morgan fingerprint density at radius 1 is 1.80 bits per heavy atom. The van der Waals surface area contributed by atoms with Crippen LogP contribution in [-0.2, 0) is 9.63 Å². The van der Waals surface area contributed by atoms with E-state index >= 15 is 0 Å². The lowest BCUT2D eigenvalue weighted by molar-refractivity contribution is -0.131. The fourth-order valence-electron chi connectivity index (χ4n) is 0.516. The third kappa shape index (κ3) is 5.13. The Labute approximate surface area is 60.7 Å². The molecule has 3 nitrogen and oxygen atoms in total. The molecule has 0 aliphatic heterocycles. The Bertz CT molecular complexity index is 137. The minimum absolute atomic E-state index is 0.127. The second-order valence-corrected chi connectivity index (χ2v) is 1.79. The first-order valence-corrected chi connectivity index (χ1v) is 3.06. The molecule has 0 aromatic rings. The summed E-state index contributed by atoms with van der Waals surface area (Å²) in [7, 11) is 1.40. The predicted molar refractivity (Wildman–Crippen MR) is 37.8 cm³/mol. The molecule has 0 radical (unpaired) electrons. The molecule has 1 amide bonds. The molecule has 0 fully saturated rings. The average Bonchev–Trinajstić information content (AvgIpc) is 1.89. The van der Waals surface area contributed by atoms with Crippen molar-refractivity contribution in [1.82, 2.24) is 5.48 Å². The first-order valence-electron chi connectivity index (χ1n) is 3.06. The SMILES string of the molecule is C#CCCCC(=O)NOC. The van der Waals surface area contributed by atoms with Gasteiger partial charge < -0.3 is 0 Å². The minimum Gasteiger partial charge on any atom is -0.277 e. The highest BCUT2D eigenvalue weighted by Crippen LogP contribution is 1.92. The molecule has 0 aliphatic rings. The molecule has 56 valence electrons. The molecule has 0 heterocycles. The number of nitrogens with one attached hydrogen (secondary N) is 1. The highest BCUT2D eigenvalue weighted by Gasteiger charge is 1.96. The van der Waals surface area contributed by atoms with Gasteiger partial charge in [-0.1, -0.05) is 0 Å². The van der Waals surface area contributed by atoms with E-state index in [1.165, 1.54) is 7.11 Å². The van der Waals surface area contributed by atoms with E-state index in [1.807, 2.05) is 0 Å². The molecule has 0 aromatic heterocycles. The van der Waals surface area contributed by atoms with Crippen molar-refractivity contribution in [3.8, 4) is 12.3 Å². The monoisotopic (exact) mass is 141 g/mol. The van der Waals surface area contributed by atoms with Crippen LogP contribution in [0, 0.1) is 12.3 Å². The van der Waals surface area contributed by atoms with Gasteiger partial charge in [0, 0.05) is 12.8 Å². The normalized spacial score (nSPS) is 8.40. The number of carbonyl (C=O) groups is 1. The van der Waals surface area contributed by atoms with E-state index in [-0.39, 0.29) is 5.91 Å². The third-order valence-electron chi connectivity index (χ3n) is 0.941. The average molecular weight is 141 g/mol. The van der Waals surface area contributed by atoms with Crippen LogP contribution in [0.5, 0.6) is 0 Å². The molecule has 0 saturated heterocycles. The van der Waals surface area contributed by atoms with Crippen molar-refractivity contribution >= 4 is 5.91 Å². The Morgan fingerprint density at radius 3 is 3.00 bits per heavy atom. The van der Waals surface area contributed by atoms with Gasteiger partial charge in [0.2, 0.25) is 5.91 Å². The molecule has 0 aromatic carbocycles. The van der Waals surface area contributed by atoms with Crippen molar-refractivity contribution in [1.29, 1.82) is 0 Å². The van der Waals surface area contributed by atoms with Gasteiger partial charge in [0.15, 0.2) is 0 Å². The van der Waals surface area contributed by atoms with Gasteiger partial charge in [-0.2, -0.15) is 0 Å². The molecule has 3 heteroatoms. The largest absolute Gasteiger partial charge is 0.277 e. The van der Waals surface area contributed by atoms with Gasteiger partial charge in [-0.15, -0.1) is 12.3 Å². The van der Waals surface area contributed by atoms with Crippen LogP contribution in [-0.4, -0.2) is 13.0 Å². The van der Waals surface area contributed by atoms with E-state index in [2.05, 4.69) is 16.2 Å². The summed E-state index contributed by atoms with van der Waals surface area (Å²) in [4.78, 5) is 15.0. The number of rotatable bonds is 4. The topological polar surface area (TPSA) is 38.3 Å². The standard InChI is InChI=1S/C7H11NO2/c1-3-4-5-6-7(9)8-10-2/h1H,4-6H2,2H3,(H,8,9). The number of hydroxylamine groups is 1. The van der Waals surface area contributed by atoms with Gasteiger partial charge in [-0.25, -0.2) is 5.48 Å². The third-order valence-corrected chi connectivity index (χ3v) is 0.941. The summed E-state index contributed by atoms with van der Waals surface area (Å²) in [5, 5.41) is 0. The molecular weight excluding hydrogens is 130 g/mol. The van der Waals surface area contributed by atoms with Gasteiger partial charge in [0.05, 0.1) is 7.11 Å². The molecule has 0 spiro atoms. The van der Waals surface area contributed by atoms with Gasteiger partial charge in [-0.3, -0.25) is 9.63 Å². The van der Waals surface area contributed by atoms with Crippen LogP contribution in [0.1, 0.15) is 19.3 Å². The number of hydrogen-bond donors (Lipinski definition) is 1. The zero-order chi connectivity index (χ0) is 7.82. The predicted octanol–water partition coefficient (Wildman–Crippen LogP) is 0.467. The summed E-state index contributed by atoms with van der Waals surface area (Å²) in [6.07, 6.45) is 6.75. The summed E-state index contributed by atoms with van der Waals surface area (Å²) >= 11 is 0. The number of hydrogen-bond acceptors (Lipinski definition) is 2. The van der Waals surface area contributed by atoms with E-state index in [0.29, 0.717) is 19.3 Å². The molecular formula is C7H11NO2. The highest BCUT2D eigenvalue weighted by molar-refractivity contribution is 5.74. The first-order chi connectivity index (χ1) is 4.81. The Morgan fingerprint density at radius 2 is 2.50 bits per heavy atom. The van der Waals surface area contributed by atoms with Crippen LogP contribution in [0.4, 0.5) is 0 Å². The Balaban J connectivity index is 3.15. The fraction of sp³-hybridized carbons (Fsp3) is 0.571. The van der Waals surface area contributed by atoms with Gasteiger partial charge in [0.25, 0.3) is 0 Å².